The summed E-state index contributed by atoms with van der Waals surface area (Å²) in [5.41, 5.74) is 0.603. The number of imide groups is 1. The van der Waals surface area contributed by atoms with Gasteiger partial charge in [0.2, 0.25) is 5.91 Å². The van der Waals surface area contributed by atoms with Crippen molar-refractivity contribution in [1.29, 1.82) is 0 Å². The number of halogens is 1. The van der Waals surface area contributed by atoms with Crippen LogP contribution in [0.1, 0.15) is 6.42 Å². The molecule has 1 atom stereocenters. The molecule has 2 fully saturated rings. The third-order valence-corrected chi connectivity index (χ3v) is 4.44. The predicted molar refractivity (Wildman–Crippen MR) is 81.4 cm³/mol. The molecule has 2 aliphatic heterocycles. The van der Waals surface area contributed by atoms with Gasteiger partial charge < -0.3 is 4.90 Å². The maximum atomic E-state index is 12.6. The van der Waals surface area contributed by atoms with Crippen molar-refractivity contribution in [2.75, 3.05) is 38.1 Å². The monoisotopic (exact) mass is 307 g/mol. The van der Waals surface area contributed by atoms with Gasteiger partial charge in [-0.05, 0) is 31.3 Å². The Morgan fingerprint density at radius 1 is 1.05 bits per heavy atom. The van der Waals surface area contributed by atoms with Crippen LogP contribution in [0.25, 0.3) is 0 Å². The van der Waals surface area contributed by atoms with E-state index in [2.05, 4.69) is 16.8 Å². The van der Waals surface area contributed by atoms with Crippen LogP contribution in [0.5, 0.6) is 0 Å². The Morgan fingerprint density at radius 3 is 2.29 bits per heavy atom. The first kappa shape index (κ1) is 14.5. The van der Waals surface area contributed by atoms with E-state index in [9.17, 15) is 9.59 Å². The van der Waals surface area contributed by atoms with Crippen LogP contribution in [0, 0.1) is 0 Å². The van der Waals surface area contributed by atoms with Crippen LogP contribution >= 0.6 is 11.6 Å². The second-order valence-electron chi connectivity index (χ2n) is 5.60. The number of rotatable bonds is 2. The molecule has 0 N–H and O–H groups in total. The Bertz CT molecular complexity index is 553. The zero-order valence-corrected chi connectivity index (χ0v) is 12.7. The van der Waals surface area contributed by atoms with E-state index in [1.165, 1.54) is 4.90 Å². The fourth-order valence-electron chi connectivity index (χ4n) is 2.90. The molecule has 2 heterocycles. The number of carbonyl (C=O) groups is 2. The van der Waals surface area contributed by atoms with E-state index in [0.717, 1.165) is 26.2 Å². The number of piperazine rings is 1. The SMILES string of the molecule is CN1CCN(C2CC(=O)N(c3ccc(Cl)cc3)C2=O)CC1. The fraction of sp³-hybridized carbons (Fsp3) is 0.467. The van der Waals surface area contributed by atoms with E-state index in [-0.39, 0.29) is 24.3 Å². The summed E-state index contributed by atoms with van der Waals surface area (Å²) in [4.78, 5) is 30.5. The maximum absolute atomic E-state index is 12.6. The molecule has 3 rings (SSSR count). The molecule has 0 saturated carbocycles. The molecule has 1 unspecified atom stereocenters. The highest BCUT2D eigenvalue weighted by molar-refractivity contribution is 6.30. The summed E-state index contributed by atoms with van der Waals surface area (Å²) >= 11 is 5.85. The van der Waals surface area contributed by atoms with Crippen LogP contribution in [-0.2, 0) is 9.59 Å². The Labute approximate surface area is 129 Å². The number of likely N-dealkylation sites (N-methyl/N-ethyl adjacent to an activating group) is 1. The van der Waals surface area contributed by atoms with E-state index < -0.39 is 0 Å². The summed E-state index contributed by atoms with van der Waals surface area (Å²) in [6.45, 7) is 3.51. The first-order valence-corrected chi connectivity index (χ1v) is 7.49. The van der Waals surface area contributed by atoms with Crippen molar-refractivity contribution in [3.8, 4) is 0 Å². The average molecular weight is 308 g/mol. The second-order valence-corrected chi connectivity index (χ2v) is 6.04. The summed E-state index contributed by atoms with van der Waals surface area (Å²) in [6, 6.07) is 6.50. The molecule has 0 spiro atoms. The van der Waals surface area contributed by atoms with Gasteiger partial charge >= 0.3 is 0 Å². The van der Waals surface area contributed by atoms with Crippen molar-refractivity contribution < 1.29 is 9.59 Å². The predicted octanol–water partition coefficient (Wildman–Crippen LogP) is 1.22. The smallest absolute Gasteiger partial charge is 0.251 e. The van der Waals surface area contributed by atoms with Crippen molar-refractivity contribution in [2.45, 2.75) is 12.5 Å². The van der Waals surface area contributed by atoms with Gasteiger partial charge in [0, 0.05) is 31.2 Å². The first-order chi connectivity index (χ1) is 10.1. The molecule has 0 radical (unpaired) electrons. The minimum Gasteiger partial charge on any atom is -0.304 e. The Hall–Kier alpha value is -1.43. The molecule has 0 aromatic heterocycles. The highest BCUT2D eigenvalue weighted by atomic mass is 35.5. The van der Waals surface area contributed by atoms with Gasteiger partial charge in [-0.1, -0.05) is 11.6 Å². The molecule has 5 nitrogen and oxygen atoms in total. The second kappa shape index (κ2) is 5.75. The number of nitrogens with zero attached hydrogens (tertiary/aromatic N) is 3. The zero-order chi connectivity index (χ0) is 15.0. The van der Waals surface area contributed by atoms with Crippen molar-refractivity contribution in [3.63, 3.8) is 0 Å². The number of carbonyl (C=O) groups excluding carboxylic acids is 2. The molecule has 1 aromatic rings. The summed E-state index contributed by atoms with van der Waals surface area (Å²) < 4.78 is 0. The van der Waals surface area contributed by atoms with E-state index in [1.807, 2.05) is 0 Å². The van der Waals surface area contributed by atoms with Crippen molar-refractivity contribution in [1.82, 2.24) is 9.80 Å². The molecule has 2 amide bonds. The summed E-state index contributed by atoms with van der Waals surface area (Å²) in [7, 11) is 2.07. The minimum absolute atomic E-state index is 0.119. The summed E-state index contributed by atoms with van der Waals surface area (Å²) in [5.74, 6) is -0.252. The van der Waals surface area contributed by atoms with E-state index in [0.29, 0.717) is 10.7 Å². The summed E-state index contributed by atoms with van der Waals surface area (Å²) in [5, 5.41) is 0.591. The van der Waals surface area contributed by atoms with E-state index in [1.54, 1.807) is 24.3 Å². The number of amides is 2. The number of benzene rings is 1. The van der Waals surface area contributed by atoms with Crippen LogP contribution < -0.4 is 4.90 Å². The zero-order valence-electron chi connectivity index (χ0n) is 12.0. The normalized spacial score (nSPS) is 24.9. The third kappa shape index (κ3) is 2.81. The van der Waals surface area contributed by atoms with Crippen molar-refractivity contribution in [3.05, 3.63) is 29.3 Å². The van der Waals surface area contributed by atoms with Crippen molar-refractivity contribution >= 4 is 29.1 Å². The molecular weight excluding hydrogens is 290 g/mol. The lowest BCUT2D eigenvalue weighted by Crippen LogP contribution is -2.51. The van der Waals surface area contributed by atoms with Gasteiger partial charge in [-0.3, -0.25) is 14.5 Å². The molecule has 6 heteroatoms. The lowest BCUT2D eigenvalue weighted by molar-refractivity contribution is -0.123. The average Bonchev–Trinajstić information content (AvgIpc) is 2.76. The molecule has 0 bridgehead atoms. The van der Waals surface area contributed by atoms with Gasteiger partial charge in [-0.25, -0.2) is 4.90 Å². The molecule has 2 aliphatic rings. The van der Waals surface area contributed by atoms with Gasteiger partial charge in [-0.2, -0.15) is 0 Å². The van der Waals surface area contributed by atoms with Gasteiger partial charge in [0.1, 0.15) is 0 Å². The van der Waals surface area contributed by atoms with Crippen LogP contribution in [0.3, 0.4) is 0 Å². The van der Waals surface area contributed by atoms with Crippen LogP contribution in [-0.4, -0.2) is 60.9 Å². The molecular formula is C15H18ClN3O2. The Kier molecular flexibility index (Phi) is 3.97. The molecule has 0 aliphatic carbocycles. The maximum Gasteiger partial charge on any atom is 0.251 e. The van der Waals surface area contributed by atoms with E-state index in [4.69, 9.17) is 11.6 Å². The van der Waals surface area contributed by atoms with E-state index >= 15 is 0 Å². The van der Waals surface area contributed by atoms with Gasteiger partial charge in [0.15, 0.2) is 0 Å². The minimum atomic E-state index is -0.318. The number of hydrogen-bond acceptors (Lipinski definition) is 4. The van der Waals surface area contributed by atoms with Gasteiger partial charge in [-0.15, -0.1) is 0 Å². The standard InChI is InChI=1S/C15H18ClN3O2/c1-17-6-8-18(9-7-17)13-10-14(20)19(15(13)21)12-4-2-11(16)3-5-12/h2-5,13H,6-10H2,1H3. The van der Waals surface area contributed by atoms with Crippen LogP contribution in [0.15, 0.2) is 24.3 Å². The van der Waals surface area contributed by atoms with Gasteiger partial charge in [0.25, 0.3) is 5.91 Å². The lowest BCUT2D eigenvalue weighted by atomic mass is 10.2. The largest absolute Gasteiger partial charge is 0.304 e. The molecule has 112 valence electrons. The molecule has 1 aromatic carbocycles. The molecule has 2 saturated heterocycles. The first-order valence-electron chi connectivity index (χ1n) is 7.11. The highest BCUT2D eigenvalue weighted by Crippen LogP contribution is 2.27. The number of hydrogen-bond donors (Lipinski definition) is 0. The molecule has 21 heavy (non-hydrogen) atoms. The third-order valence-electron chi connectivity index (χ3n) is 4.19. The summed E-state index contributed by atoms with van der Waals surface area (Å²) in [6.07, 6.45) is 0.269. The number of anilines is 1. The fourth-order valence-corrected chi connectivity index (χ4v) is 3.02. The van der Waals surface area contributed by atoms with Crippen LogP contribution in [0.2, 0.25) is 5.02 Å². The lowest BCUT2D eigenvalue weighted by Gasteiger charge is -2.35. The Morgan fingerprint density at radius 2 is 1.67 bits per heavy atom. The topological polar surface area (TPSA) is 43.9 Å². The van der Waals surface area contributed by atoms with Crippen LogP contribution in [0.4, 0.5) is 5.69 Å². The highest BCUT2D eigenvalue weighted by Gasteiger charge is 2.43. The van der Waals surface area contributed by atoms with Crippen molar-refractivity contribution in [2.24, 2.45) is 0 Å². The van der Waals surface area contributed by atoms with Gasteiger partial charge in [0.05, 0.1) is 18.2 Å². The quantitative estimate of drug-likeness (QED) is 0.771. The Balaban J connectivity index is 1.77.